The van der Waals surface area contributed by atoms with Crippen LogP contribution in [0.25, 0.3) is 0 Å². The molecular weight excluding hydrogens is 188 g/mol. The van der Waals surface area contributed by atoms with Crippen LogP contribution in [0.4, 0.5) is 0 Å². The molecule has 2 nitrogen and oxygen atoms in total. The van der Waals surface area contributed by atoms with Gasteiger partial charge in [-0.15, -0.1) is 0 Å². The topological polar surface area (TPSA) is 40.5 Å². The lowest BCUT2D eigenvalue weighted by Gasteiger charge is -2.06. The van der Waals surface area contributed by atoms with Crippen molar-refractivity contribution in [3.05, 3.63) is 34.9 Å². The number of halogens is 1. The van der Waals surface area contributed by atoms with Gasteiger partial charge in [-0.2, -0.15) is 0 Å². The minimum atomic E-state index is -0.615. The van der Waals surface area contributed by atoms with E-state index in [1.807, 2.05) is 24.3 Å². The van der Waals surface area contributed by atoms with Crippen LogP contribution in [0.3, 0.4) is 0 Å². The second-order valence-corrected chi connectivity index (χ2v) is 3.44. The van der Waals surface area contributed by atoms with Gasteiger partial charge in [-0.05, 0) is 30.5 Å². The van der Waals surface area contributed by atoms with Gasteiger partial charge in [0.2, 0.25) is 0 Å². The predicted molar refractivity (Wildman–Crippen MR) is 52.9 cm³/mol. The number of hydrogen-bond donors (Lipinski definition) is 2. The van der Waals surface area contributed by atoms with Crippen molar-refractivity contribution in [2.24, 2.45) is 0 Å². The van der Waals surface area contributed by atoms with E-state index >= 15 is 0 Å². The molecule has 72 valence electrons. The van der Waals surface area contributed by atoms with E-state index in [1.54, 1.807) is 0 Å². The Bertz CT molecular complexity index is 246. The first-order chi connectivity index (χ1) is 6.22. The van der Waals surface area contributed by atoms with E-state index in [-0.39, 0.29) is 6.61 Å². The van der Waals surface area contributed by atoms with Crippen LogP contribution in [0.15, 0.2) is 24.3 Å². The summed E-state index contributed by atoms with van der Waals surface area (Å²) in [5, 5.41) is 18.4. The van der Waals surface area contributed by atoms with Crippen LogP contribution in [-0.4, -0.2) is 22.9 Å². The van der Waals surface area contributed by atoms with Crippen LogP contribution in [0.5, 0.6) is 0 Å². The Morgan fingerprint density at radius 3 is 2.38 bits per heavy atom. The minimum Gasteiger partial charge on any atom is -0.394 e. The highest BCUT2D eigenvalue weighted by atomic mass is 35.5. The molecule has 0 aliphatic rings. The number of aryl methyl sites for hydroxylation is 1. The Kier molecular flexibility index (Phi) is 4.22. The highest BCUT2D eigenvalue weighted by molar-refractivity contribution is 6.30. The minimum absolute atomic E-state index is 0.173. The molecule has 0 radical (unpaired) electrons. The summed E-state index contributed by atoms with van der Waals surface area (Å²) in [5.74, 6) is 0. The van der Waals surface area contributed by atoms with Gasteiger partial charge < -0.3 is 10.2 Å². The van der Waals surface area contributed by atoms with Gasteiger partial charge in [0.25, 0.3) is 0 Å². The molecule has 1 aromatic carbocycles. The molecule has 0 bridgehead atoms. The number of hydrogen-bond acceptors (Lipinski definition) is 2. The van der Waals surface area contributed by atoms with E-state index in [1.165, 1.54) is 0 Å². The van der Waals surface area contributed by atoms with Crippen molar-refractivity contribution in [1.29, 1.82) is 0 Å². The van der Waals surface area contributed by atoms with Gasteiger partial charge >= 0.3 is 0 Å². The van der Waals surface area contributed by atoms with Crippen molar-refractivity contribution < 1.29 is 10.2 Å². The molecule has 0 spiro atoms. The molecule has 0 aliphatic heterocycles. The zero-order chi connectivity index (χ0) is 9.68. The van der Waals surface area contributed by atoms with E-state index in [0.717, 1.165) is 12.0 Å². The van der Waals surface area contributed by atoms with Crippen LogP contribution in [0.2, 0.25) is 5.02 Å². The molecule has 1 rings (SSSR count). The van der Waals surface area contributed by atoms with Crippen molar-refractivity contribution in [3.8, 4) is 0 Å². The van der Waals surface area contributed by atoms with E-state index in [4.69, 9.17) is 21.8 Å². The largest absolute Gasteiger partial charge is 0.394 e. The second-order valence-electron chi connectivity index (χ2n) is 3.00. The number of rotatable bonds is 4. The summed E-state index contributed by atoms with van der Waals surface area (Å²) in [7, 11) is 0. The molecule has 0 heterocycles. The maximum absolute atomic E-state index is 9.10. The summed E-state index contributed by atoms with van der Waals surface area (Å²) in [6.07, 6.45) is 0.729. The summed E-state index contributed by atoms with van der Waals surface area (Å²) in [4.78, 5) is 0. The molecule has 0 saturated heterocycles. The van der Waals surface area contributed by atoms with Gasteiger partial charge in [-0.1, -0.05) is 23.7 Å². The summed E-state index contributed by atoms with van der Waals surface area (Å²) in [6, 6.07) is 7.49. The highest BCUT2D eigenvalue weighted by Gasteiger charge is 2.01. The van der Waals surface area contributed by atoms with E-state index in [2.05, 4.69) is 0 Å². The van der Waals surface area contributed by atoms with Gasteiger partial charge in [0, 0.05) is 5.02 Å². The van der Waals surface area contributed by atoms with Crippen molar-refractivity contribution in [2.75, 3.05) is 6.61 Å². The summed E-state index contributed by atoms with van der Waals surface area (Å²) < 4.78 is 0. The Morgan fingerprint density at radius 1 is 1.23 bits per heavy atom. The second kappa shape index (κ2) is 5.22. The quantitative estimate of drug-likeness (QED) is 0.776. The van der Waals surface area contributed by atoms with E-state index < -0.39 is 6.10 Å². The van der Waals surface area contributed by atoms with Crippen molar-refractivity contribution in [1.82, 2.24) is 0 Å². The van der Waals surface area contributed by atoms with Crippen LogP contribution in [0.1, 0.15) is 12.0 Å². The zero-order valence-corrected chi connectivity index (χ0v) is 8.04. The maximum Gasteiger partial charge on any atom is 0.0774 e. The first-order valence-corrected chi connectivity index (χ1v) is 4.63. The Morgan fingerprint density at radius 2 is 1.85 bits per heavy atom. The van der Waals surface area contributed by atoms with Crippen LogP contribution >= 0.6 is 11.6 Å². The highest BCUT2D eigenvalue weighted by Crippen LogP contribution is 2.11. The molecule has 0 aliphatic carbocycles. The van der Waals surface area contributed by atoms with Gasteiger partial charge in [0.05, 0.1) is 12.7 Å². The van der Waals surface area contributed by atoms with Crippen LogP contribution in [0, 0.1) is 0 Å². The number of benzene rings is 1. The predicted octanol–water partition coefficient (Wildman–Crippen LogP) is 1.63. The van der Waals surface area contributed by atoms with Gasteiger partial charge in [-0.25, -0.2) is 0 Å². The lowest BCUT2D eigenvalue weighted by Crippen LogP contribution is -2.12. The third kappa shape index (κ3) is 3.77. The summed E-state index contributed by atoms with van der Waals surface area (Å²) in [5.41, 5.74) is 1.12. The molecule has 0 amide bonds. The molecule has 1 unspecified atom stereocenters. The Balaban J connectivity index is 2.41. The smallest absolute Gasteiger partial charge is 0.0774 e. The molecule has 2 N–H and O–H groups in total. The fourth-order valence-electron chi connectivity index (χ4n) is 1.08. The Labute approximate surface area is 82.8 Å². The SMILES string of the molecule is OCC(O)CCc1ccc(Cl)cc1. The summed E-state index contributed by atoms with van der Waals surface area (Å²) in [6.45, 7) is -0.173. The van der Waals surface area contributed by atoms with Crippen LogP contribution in [-0.2, 0) is 6.42 Å². The first-order valence-electron chi connectivity index (χ1n) is 4.25. The standard InChI is InChI=1S/C10H13ClO2/c11-9-4-1-8(2-5-9)3-6-10(13)7-12/h1-2,4-5,10,12-13H,3,6-7H2. The molecule has 13 heavy (non-hydrogen) atoms. The fraction of sp³-hybridized carbons (Fsp3) is 0.400. The molecule has 1 atom stereocenters. The number of aliphatic hydroxyl groups is 2. The van der Waals surface area contributed by atoms with Gasteiger partial charge in [0.15, 0.2) is 0 Å². The van der Waals surface area contributed by atoms with E-state index in [9.17, 15) is 0 Å². The van der Waals surface area contributed by atoms with Crippen molar-refractivity contribution in [3.63, 3.8) is 0 Å². The molecule has 0 saturated carbocycles. The fourth-order valence-corrected chi connectivity index (χ4v) is 1.20. The maximum atomic E-state index is 9.10. The molecule has 0 aromatic heterocycles. The van der Waals surface area contributed by atoms with Gasteiger partial charge in [-0.3, -0.25) is 0 Å². The van der Waals surface area contributed by atoms with Crippen molar-refractivity contribution in [2.45, 2.75) is 18.9 Å². The Hall–Kier alpha value is -0.570. The van der Waals surface area contributed by atoms with Gasteiger partial charge in [0.1, 0.15) is 0 Å². The molecular formula is C10H13ClO2. The monoisotopic (exact) mass is 200 g/mol. The summed E-state index contributed by atoms with van der Waals surface area (Å²) >= 11 is 5.71. The van der Waals surface area contributed by atoms with E-state index in [0.29, 0.717) is 11.4 Å². The third-order valence-electron chi connectivity index (χ3n) is 1.89. The third-order valence-corrected chi connectivity index (χ3v) is 2.14. The molecule has 0 fully saturated rings. The lowest BCUT2D eigenvalue weighted by atomic mass is 10.1. The molecule has 3 heteroatoms. The van der Waals surface area contributed by atoms with Crippen molar-refractivity contribution >= 4 is 11.6 Å². The van der Waals surface area contributed by atoms with Crippen LogP contribution < -0.4 is 0 Å². The molecule has 1 aromatic rings. The number of aliphatic hydroxyl groups excluding tert-OH is 2. The first kappa shape index (κ1) is 10.5. The normalized spacial score (nSPS) is 12.8. The zero-order valence-electron chi connectivity index (χ0n) is 7.28. The average molecular weight is 201 g/mol. The average Bonchev–Trinajstić information content (AvgIpc) is 2.16. The lowest BCUT2D eigenvalue weighted by molar-refractivity contribution is 0.0886.